The lowest BCUT2D eigenvalue weighted by Crippen LogP contribution is -2.13. The Balaban J connectivity index is 1.58. The number of hydrogen-bond acceptors (Lipinski definition) is 5. The molecular weight excluding hydrogens is 366 g/mol. The maximum absolute atomic E-state index is 12.4. The molecule has 0 saturated heterocycles. The third-order valence-electron chi connectivity index (χ3n) is 4.47. The first-order valence-corrected chi connectivity index (χ1v) is 9.19. The van der Waals surface area contributed by atoms with Gasteiger partial charge in [0.1, 0.15) is 13.2 Å². The van der Waals surface area contributed by atoms with E-state index in [9.17, 15) is 9.90 Å². The first kappa shape index (κ1) is 18.4. The standard InChI is InChI=1S/C23H19N3O3/c27-21(29-16-17-9-3-1-4-10-17)15-26-20-14-8-7-13-19(20)22(23(26)28)25-24-18-11-5-2-6-12-18/h1-14,28H,15-16H2. The van der Waals surface area contributed by atoms with E-state index in [0.717, 1.165) is 5.56 Å². The largest absolute Gasteiger partial charge is 0.493 e. The fourth-order valence-corrected chi connectivity index (χ4v) is 3.05. The zero-order valence-electron chi connectivity index (χ0n) is 15.6. The average Bonchev–Trinajstić information content (AvgIpc) is 3.03. The SMILES string of the molecule is O=C(Cn1c(O)c(N=Nc2ccccc2)c2ccccc21)OCc1ccccc1. The van der Waals surface area contributed by atoms with Gasteiger partial charge < -0.3 is 9.84 Å². The zero-order valence-corrected chi connectivity index (χ0v) is 15.6. The van der Waals surface area contributed by atoms with E-state index >= 15 is 0 Å². The molecule has 6 heteroatoms. The first-order valence-electron chi connectivity index (χ1n) is 9.19. The Kier molecular flexibility index (Phi) is 5.33. The molecular formula is C23H19N3O3. The highest BCUT2D eigenvalue weighted by molar-refractivity contribution is 5.95. The number of carbonyl (C=O) groups excluding carboxylic acids is 1. The Morgan fingerprint density at radius 3 is 2.28 bits per heavy atom. The van der Waals surface area contributed by atoms with Crippen LogP contribution in [-0.4, -0.2) is 15.6 Å². The summed E-state index contributed by atoms with van der Waals surface area (Å²) in [5.41, 5.74) is 2.58. The topological polar surface area (TPSA) is 76.2 Å². The fraction of sp³-hybridized carbons (Fsp3) is 0.0870. The van der Waals surface area contributed by atoms with E-state index in [-0.39, 0.29) is 19.0 Å². The summed E-state index contributed by atoms with van der Waals surface area (Å²) in [7, 11) is 0. The minimum Gasteiger partial charge on any atom is -0.493 e. The van der Waals surface area contributed by atoms with Gasteiger partial charge in [0.25, 0.3) is 0 Å². The van der Waals surface area contributed by atoms with Crippen molar-refractivity contribution in [2.24, 2.45) is 10.2 Å². The summed E-state index contributed by atoms with van der Waals surface area (Å²) in [5, 5.41) is 19.9. The second-order valence-corrected chi connectivity index (χ2v) is 6.46. The molecule has 0 atom stereocenters. The highest BCUT2D eigenvalue weighted by atomic mass is 16.5. The number of aromatic nitrogens is 1. The van der Waals surface area contributed by atoms with Gasteiger partial charge in [-0.25, -0.2) is 0 Å². The second kappa shape index (κ2) is 8.39. The first-order chi connectivity index (χ1) is 14.2. The van der Waals surface area contributed by atoms with Gasteiger partial charge in [0.05, 0.1) is 11.2 Å². The van der Waals surface area contributed by atoms with Crippen molar-refractivity contribution in [3.8, 4) is 5.88 Å². The number of para-hydroxylation sites is 1. The number of aromatic hydroxyl groups is 1. The molecule has 0 bridgehead atoms. The number of azo groups is 1. The van der Waals surface area contributed by atoms with E-state index in [4.69, 9.17) is 4.74 Å². The van der Waals surface area contributed by atoms with Crippen molar-refractivity contribution in [1.82, 2.24) is 4.57 Å². The highest BCUT2D eigenvalue weighted by Gasteiger charge is 2.19. The monoisotopic (exact) mass is 385 g/mol. The average molecular weight is 385 g/mol. The quantitative estimate of drug-likeness (QED) is 0.351. The van der Waals surface area contributed by atoms with Crippen LogP contribution in [0.2, 0.25) is 0 Å². The predicted molar refractivity (Wildman–Crippen MR) is 110 cm³/mol. The van der Waals surface area contributed by atoms with Crippen molar-refractivity contribution in [3.05, 3.63) is 90.5 Å². The number of ether oxygens (including phenoxy) is 1. The number of benzene rings is 3. The zero-order chi connectivity index (χ0) is 20.1. The van der Waals surface area contributed by atoms with Crippen molar-refractivity contribution in [3.63, 3.8) is 0 Å². The van der Waals surface area contributed by atoms with Gasteiger partial charge in [0, 0.05) is 5.39 Å². The van der Waals surface area contributed by atoms with E-state index < -0.39 is 5.97 Å². The molecule has 0 spiro atoms. The van der Waals surface area contributed by atoms with Crippen molar-refractivity contribution >= 4 is 28.2 Å². The van der Waals surface area contributed by atoms with Crippen LogP contribution in [-0.2, 0) is 22.7 Å². The summed E-state index contributed by atoms with van der Waals surface area (Å²) in [5.74, 6) is -0.570. The molecule has 1 N–H and O–H groups in total. The summed E-state index contributed by atoms with van der Waals surface area (Å²) in [4.78, 5) is 12.4. The van der Waals surface area contributed by atoms with Gasteiger partial charge >= 0.3 is 5.97 Å². The Morgan fingerprint density at radius 2 is 1.52 bits per heavy atom. The normalized spacial score (nSPS) is 11.2. The molecule has 3 aromatic carbocycles. The van der Waals surface area contributed by atoms with Crippen molar-refractivity contribution in [2.75, 3.05) is 0 Å². The molecule has 4 rings (SSSR count). The van der Waals surface area contributed by atoms with Crippen LogP contribution in [0.15, 0.2) is 95.2 Å². The summed E-state index contributed by atoms with van der Waals surface area (Å²) in [6, 6.07) is 26.0. The Morgan fingerprint density at radius 1 is 0.862 bits per heavy atom. The van der Waals surface area contributed by atoms with Crippen LogP contribution in [0.1, 0.15) is 5.56 Å². The summed E-state index contributed by atoms with van der Waals surface area (Å²) in [6.45, 7) is 0.0558. The van der Waals surface area contributed by atoms with Gasteiger partial charge in [-0.1, -0.05) is 66.7 Å². The van der Waals surface area contributed by atoms with Crippen LogP contribution < -0.4 is 0 Å². The molecule has 4 aromatic rings. The lowest BCUT2D eigenvalue weighted by Gasteiger charge is -2.08. The summed E-state index contributed by atoms with van der Waals surface area (Å²) in [6.07, 6.45) is 0. The van der Waals surface area contributed by atoms with Crippen LogP contribution in [0.4, 0.5) is 11.4 Å². The lowest BCUT2D eigenvalue weighted by molar-refractivity contribution is -0.145. The van der Waals surface area contributed by atoms with E-state index in [1.165, 1.54) is 4.57 Å². The smallest absolute Gasteiger partial charge is 0.326 e. The molecule has 0 saturated carbocycles. The van der Waals surface area contributed by atoms with Gasteiger partial charge in [-0.2, -0.15) is 5.11 Å². The Bertz CT molecular complexity index is 1150. The second-order valence-electron chi connectivity index (χ2n) is 6.46. The number of hydrogen-bond donors (Lipinski definition) is 1. The van der Waals surface area contributed by atoms with E-state index in [2.05, 4.69) is 10.2 Å². The van der Waals surface area contributed by atoms with Crippen LogP contribution in [0.25, 0.3) is 10.9 Å². The molecule has 0 aliphatic rings. The maximum Gasteiger partial charge on any atom is 0.326 e. The lowest BCUT2D eigenvalue weighted by atomic mass is 10.2. The van der Waals surface area contributed by atoms with E-state index in [0.29, 0.717) is 22.3 Å². The number of esters is 1. The molecule has 0 aliphatic carbocycles. The number of fused-ring (bicyclic) bond motifs is 1. The van der Waals surface area contributed by atoms with E-state index in [1.54, 1.807) is 0 Å². The van der Waals surface area contributed by atoms with Crippen LogP contribution in [0.3, 0.4) is 0 Å². The van der Waals surface area contributed by atoms with Crippen molar-refractivity contribution in [1.29, 1.82) is 0 Å². The predicted octanol–water partition coefficient (Wildman–Crippen LogP) is 5.51. The molecule has 1 aromatic heterocycles. The van der Waals surface area contributed by atoms with Gasteiger partial charge in [0.2, 0.25) is 5.88 Å². The van der Waals surface area contributed by atoms with Crippen molar-refractivity contribution < 1.29 is 14.6 Å². The number of carbonyl (C=O) groups is 1. The van der Waals surface area contributed by atoms with Crippen molar-refractivity contribution in [2.45, 2.75) is 13.2 Å². The Labute approximate surface area is 167 Å². The minimum absolute atomic E-state index is 0.123. The molecule has 29 heavy (non-hydrogen) atoms. The molecule has 0 fully saturated rings. The maximum atomic E-state index is 12.4. The molecule has 0 unspecified atom stereocenters. The number of nitrogens with zero attached hydrogens (tertiary/aromatic N) is 3. The molecule has 0 amide bonds. The molecule has 144 valence electrons. The van der Waals surface area contributed by atoms with Gasteiger partial charge in [-0.05, 0) is 23.8 Å². The van der Waals surface area contributed by atoms with Gasteiger partial charge in [-0.15, -0.1) is 5.11 Å². The Hall–Kier alpha value is -3.93. The van der Waals surface area contributed by atoms with Crippen LogP contribution in [0.5, 0.6) is 5.88 Å². The minimum atomic E-state index is -0.448. The fourth-order valence-electron chi connectivity index (χ4n) is 3.05. The van der Waals surface area contributed by atoms with Gasteiger partial charge in [0.15, 0.2) is 5.69 Å². The van der Waals surface area contributed by atoms with Crippen LogP contribution in [0, 0.1) is 0 Å². The third kappa shape index (κ3) is 4.16. The van der Waals surface area contributed by atoms with Gasteiger partial charge in [-0.3, -0.25) is 9.36 Å². The summed E-state index contributed by atoms with van der Waals surface area (Å²) >= 11 is 0. The molecule has 6 nitrogen and oxygen atoms in total. The molecule has 1 heterocycles. The highest BCUT2D eigenvalue weighted by Crippen LogP contribution is 2.39. The van der Waals surface area contributed by atoms with E-state index in [1.807, 2.05) is 84.9 Å². The summed E-state index contributed by atoms with van der Waals surface area (Å²) < 4.78 is 6.84. The number of rotatable bonds is 6. The third-order valence-corrected chi connectivity index (χ3v) is 4.47. The molecule has 0 aliphatic heterocycles. The molecule has 0 radical (unpaired) electrons. The van der Waals surface area contributed by atoms with Crippen LogP contribution >= 0.6 is 0 Å².